The summed E-state index contributed by atoms with van der Waals surface area (Å²) in [6, 6.07) is 27.8. The molecule has 2 aliphatic heterocycles. The predicted molar refractivity (Wildman–Crippen MR) is 145 cm³/mol. The van der Waals surface area contributed by atoms with E-state index in [1.54, 1.807) is 0 Å². The molecule has 1 saturated heterocycles. The normalized spacial score (nSPS) is 16.6. The zero-order valence-corrected chi connectivity index (χ0v) is 20.9. The first kappa shape index (κ1) is 23.1. The number of fused-ring (bicyclic) bond motifs is 3. The monoisotopic (exact) mass is 478 g/mol. The molecule has 0 bridgehead atoms. The van der Waals surface area contributed by atoms with E-state index < -0.39 is 0 Å². The molecule has 184 valence electrons. The SMILES string of the molecule is O=C(CCC1CCN(Cc2ccc(-c3ccccc3)cc2)CC1)c1c2n(c3ccccc13)CCCO2. The van der Waals surface area contributed by atoms with E-state index in [1.165, 1.54) is 29.5 Å². The first-order chi connectivity index (χ1) is 17.8. The van der Waals surface area contributed by atoms with Gasteiger partial charge in [-0.05, 0) is 67.4 Å². The van der Waals surface area contributed by atoms with Crippen molar-refractivity contribution in [2.24, 2.45) is 5.92 Å². The average Bonchev–Trinajstić information content (AvgIpc) is 3.28. The van der Waals surface area contributed by atoms with Crippen molar-refractivity contribution < 1.29 is 9.53 Å². The van der Waals surface area contributed by atoms with Crippen LogP contribution in [0.1, 0.15) is 48.0 Å². The third-order valence-electron chi connectivity index (χ3n) is 7.92. The molecular formula is C32H34N2O2. The molecule has 4 heteroatoms. The third-order valence-corrected chi connectivity index (χ3v) is 7.92. The highest BCUT2D eigenvalue weighted by Crippen LogP contribution is 2.36. The second-order valence-electron chi connectivity index (χ2n) is 10.3. The molecule has 4 aromatic rings. The van der Waals surface area contributed by atoms with Gasteiger partial charge in [0.15, 0.2) is 5.78 Å². The molecule has 3 aromatic carbocycles. The fraction of sp³-hybridized carbons (Fsp3) is 0.344. The number of Topliss-reactive ketones (excluding diaryl/α,β-unsaturated/α-hetero) is 1. The highest BCUT2D eigenvalue weighted by Gasteiger charge is 2.27. The van der Waals surface area contributed by atoms with Crippen LogP contribution in [0.4, 0.5) is 0 Å². The van der Waals surface area contributed by atoms with Crippen LogP contribution in [0.15, 0.2) is 78.9 Å². The molecule has 6 rings (SSSR count). The Morgan fingerprint density at radius 1 is 0.833 bits per heavy atom. The highest BCUT2D eigenvalue weighted by molar-refractivity contribution is 6.10. The van der Waals surface area contributed by atoms with Crippen LogP contribution in [0.2, 0.25) is 0 Å². The summed E-state index contributed by atoms with van der Waals surface area (Å²) in [5.74, 6) is 1.65. The van der Waals surface area contributed by atoms with Gasteiger partial charge in [0, 0.05) is 24.9 Å². The number of benzene rings is 3. The van der Waals surface area contributed by atoms with Crippen LogP contribution in [0.25, 0.3) is 22.0 Å². The Morgan fingerprint density at radius 3 is 2.36 bits per heavy atom. The Labute approximate surface area is 213 Å². The smallest absolute Gasteiger partial charge is 0.205 e. The zero-order valence-electron chi connectivity index (χ0n) is 20.9. The maximum absolute atomic E-state index is 13.4. The van der Waals surface area contributed by atoms with Crippen molar-refractivity contribution in [3.05, 3.63) is 90.0 Å². The van der Waals surface area contributed by atoms with Gasteiger partial charge in [0.1, 0.15) is 0 Å². The van der Waals surface area contributed by atoms with Gasteiger partial charge in [0.25, 0.3) is 0 Å². The van der Waals surface area contributed by atoms with E-state index in [0.29, 0.717) is 18.9 Å². The number of carbonyl (C=O) groups excluding carboxylic acids is 1. The lowest BCUT2D eigenvalue weighted by atomic mass is 9.90. The Morgan fingerprint density at radius 2 is 1.56 bits per heavy atom. The second kappa shape index (κ2) is 10.3. The summed E-state index contributed by atoms with van der Waals surface area (Å²) in [5.41, 5.74) is 5.83. The number of piperidine rings is 1. The van der Waals surface area contributed by atoms with E-state index in [2.05, 4.69) is 76.2 Å². The molecule has 0 saturated carbocycles. The van der Waals surface area contributed by atoms with Crippen LogP contribution in [0.3, 0.4) is 0 Å². The minimum absolute atomic E-state index is 0.239. The number of aryl methyl sites for hydroxylation is 1. The van der Waals surface area contributed by atoms with E-state index >= 15 is 0 Å². The first-order valence-electron chi connectivity index (χ1n) is 13.4. The van der Waals surface area contributed by atoms with Crippen molar-refractivity contribution in [3.8, 4) is 17.0 Å². The molecular weight excluding hydrogens is 444 g/mol. The summed E-state index contributed by atoms with van der Waals surface area (Å²) in [6.45, 7) is 4.83. The number of ketones is 1. The van der Waals surface area contributed by atoms with E-state index in [-0.39, 0.29) is 5.78 Å². The van der Waals surface area contributed by atoms with E-state index in [0.717, 1.165) is 61.4 Å². The van der Waals surface area contributed by atoms with Crippen molar-refractivity contribution in [2.45, 2.75) is 45.2 Å². The summed E-state index contributed by atoms with van der Waals surface area (Å²) in [7, 11) is 0. The molecule has 36 heavy (non-hydrogen) atoms. The van der Waals surface area contributed by atoms with Crippen LogP contribution in [-0.2, 0) is 13.1 Å². The largest absolute Gasteiger partial charge is 0.478 e. The average molecular weight is 479 g/mol. The standard InChI is InChI=1S/C32H34N2O2/c35-30(31-28-9-4-5-10-29(28)34-19-6-22-36-32(31)34)16-13-24-17-20-33(21-18-24)23-25-11-14-27(15-12-25)26-7-2-1-3-8-26/h1-5,7-12,14-15,24H,6,13,16-23H2. The molecule has 4 nitrogen and oxygen atoms in total. The summed E-state index contributed by atoms with van der Waals surface area (Å²) in [4.78, 5) is 15.9. The number of ether oxygens (including phenoxy) is 1. The van der Waals surface area contributed by atoms with Crippen molar-refractivity contribution >= 4 is 16.7 Å². The Kier molecular flexibility index (Phi) is 6.61. The quantitative estimate of drug-likeness (QED) is 0.269. The minimum Gasteiger partial charge on any atom is -0.478 e. The topological polar surface area (TPSA) is 34.5 Å². The molecule has 1 aromatic heterocycles. The lowest BCUT2D eigenvalue weighted by molar-refractivity contribution is 0.0956. The highest BCUT2D eigenvalue weighted by atomic mass is 16.5. The van der Waals surface area contributed by atoms with E-state index in [4.69, 9.17) is 4.74 Å². The van der Waals surface area contributed by atoms with E-state index in [9.17, 15) is 4.79 Å². The van der Waals surface area contributed by atoms with Gasteiger partial charge < -0.3 is 9.30 Å². The van der Waals surface area contributed by atoms with Gasteiger partial charge in [-0.15, -0.1) is 0 Å². The fourth-order valence-corrected chi connectivity index (χ4v) is 5.90. The predicted octanol–water partition coefficient (Wildman–Crippen LogP) is 6.97. The molecule has 0 aliphatic carbocycles. The molecule has 0 radical (unpaired) electrons. The number of rotatable bonds is 7. The number of nitrogens with zero attached hydrogens (tertiary/aromatic N) is 2. The van der Waals surface area contributed by atoms with Crippen LogP contribution >= 0.6 is 0 Å². The van der Waals surface area contributed by atoms with Gasteiger partial charge in [-0.2, -0.15) is 0 Å². The maximum Gasteiger partial charge on any atom is 0.205 e. The molecule has 3 heterocycles. The Hall–Kier alpha value is -3.37. The second-order valence-corrected chi connectivity index (χ2v) is 10.3. The van der Waals surface area contributed by atoms with E-state index in [1.807, 2.05) is 12.1 Å². The number of hydrogen-bond donors (Lipinski definition) is 0. The van der Waals surface area contributed by atoms with Gasteiger partial charge in [0.2, 0.25) is 5.88 Å². The van der Waals surface area contributed by atoms with Crippen molar-refractivity contribution in [1.82, 2.24) is 9.47 Å². The molecule has 0 amide bonds. The van der Waals surface area contributed by atoms with Gasteiger partial charge in [-0.1, -0.05) is 72.8 Å². The molecule has 0 atom stereocenters. The summed E-state index contributed by atoms with van der Waals surface area (Å²) < 4.78 is 8.18. The summed E-state index contributed by atoms with van der Waals surface area (Å²) in [6.07, 6.45) is 4.91. The molecule has 0 unspecified atom stereocenters. The van der Waals surface area contributed by atoms with Crippen LogP contribution < -0.4 is 4.74 Å². The zero-order chi connectivity index (χ0) is 24.3. The van der Waals surface area contributed by atoms with Crippen molar-refractivity contribution in [2.75, 3.05) is 19.7 Å². The lowest BCUT2D eigenvalue weighted by Gasteiger charge is -2.32. The molecule has 2 aliphatic rings. The van der Waals surface area contributed by atoms with Crippen molar-refractivity contribution in [3.63, 3.8) is 0 Å². The van der Waals surface area contributed by atoms with Crippen molar-refractivity contribution in [1.29, 1.82) is 0 Å². The molecule has 0 spiro atoms. The number of carbonyl (C=O) groups is 1. The third kappa shape index (κ3) is 4.70. The summed E-state index contributed by atoms with van der Waals surface area (Å²) in [5, 5.41) is 1.05. The first-order valence-corrected chi connectivity index (χ1v) is 13.4. The van der Waals surface area contributed by atoms with Gasteiger partial charge in [0.05, 0.1) is 17.7 Å². The molecule has 1 fully saturated rings. The minimum atomic E-state index is 0.239. The number of aromatic nitrogens is 1. The number of likely N-dealkylation sites (tertiary alicyclic amines) is 1. The number of para-hydroxylation sites is 1. The lowest BCUT2D eigenvalue weighted by Crippen LogP contribution is -2.33. The van der Waals surface area contributed by atoms with Crippen LogP contribution in [-0.4, -0.2) is 34.9 Å². The van der Waals surface area contributed by atoms with Gasteiger partial charge in [-0.3, -0.25) is 9.69 Å². The summed E-state index contributed by atoms with van der Waals surface area (Å²) >= 11 is 0. The van der Waals surface area contributed by atoms with Gasteiger partial charge in [-0.25, -0.2) is 0 Å². The maximum atomic E-state index is 13.4. The molecule has 0 N–H and O–H groups in total. The Bertz CT molecular complexity index is 1330. The number of hydrogen-bond acceptors (Lipinski definition) is 3. The van der Waals surface area contributed by atoms with Crippen LogP contribution in [0.5, 0.6) is 5.88 Å². The Balaban J connectivity index is 1.03. The fourth-order valence-electron chi connectivity index (χ4n) is 5.90. The van der Waals surface area contributed by atoms with Crippen LogP contribution in [0, 0.1) is 5.92 Å². The van der Waals surface area contributed by atoms with Gasteiger partial charge >= 0.3 is 0 Å².